The average Bonchev–Trinajstić information content (AvgIpc) is 3.20. The molecule has 0 aliphatic carbocycles. The van der Waals surface area contributed by atoms with Crippen molar-refractivity contribution >= 4 is 27.7 Å². The summed E-state index contributed by atoms with van der Waals surface area (Å²) in [5, 5.41) is 2.41. The molecule has 3 amide bonds. The summed E-state index contributed by atoms with van der Waals surface area (Å²) in [5.74, 6) is -1.40. The van der Waals surface area contributed by atoms with Crippen LogP contribution in [0.15, 0.2) is 29.2 Å². The molecular formula is C17H24N4O5S. The number of hydrazine groups is 1. The Morgan fingerprint density at radius 3 is 2.19 bits per heavy atom. The number of hydrogen-bond acceptors (Lipinski definition) is 5. The quantitative estimate of drug-likeness (QED) is 0.566. The zero-order valence-electron chi connectivity index (χ0n) is 15.2. The molecule has 1 aromatic carbocycles. The summed E-state index contributed by atoms with van der Waals surface area (Å²) < 4.78 is 26.3. The molecule has 0 aromatic heterocycles. The van der Waals surface area contributed by atoms with E-state index in [-0.39, 0.29) is 22.9 Å². The lowest BCUT2D eigenvalue weighted by Crippen LogP contribution is -2.46. The smallest absolute Gasteiger partial charge is 0.257 e. The Balaban J connectivity index is 1.86. The second kappa shape index (κ2) is 9.47. The van der Waals surface area contributed by atoms with E-state index in [0.29, 0.717) is 25.9 Å². The van der Waals surface area contributed by atoms with Crippen molar-refractivity contribution in [2.75, 3.05) is 19.6 Å². The number of nitrogens with one attached hydrogen (secondary N) is 3. The summed E-state index contributed by atoms with van der Waals surface area (Å²) in [7, 11) is -3.53. The number of rotatable bonds is 7. The maximum absolute atomic E-state index is 12.4. The van der Waals surface area contributed by atoms with Gasteiger partial charge in [0.05, 0.1) is 11.4 Å². The molecule has 0 unspecified atom stereocenters. The van der Waals surface area contributed by atoms with E-state index < -0.39 is 21.8 Å². The Bertz CT molecular complexity index is 786. The van der Waals surface area contributed by atoms with Gasteiger partial charge in [-0.3, -0.25) is 25.2 Å². The monoisotopic (exact) mass is 396 g/mol. The van der Waals surface area contributed by atoms with E-state index in [1.807, 2.05) is 6.92 Å². The fourth-order valence-corrected chi connectivity index (χ4v) is 4.11. The summed E-state index contributed by atoms with van der Waals surface area (Å²) in [6.45, 7) is 2.53. The minimum atomic E-state index is -3.53. The molecule has 2 rings (SSSR count). The van der Waals surface area contributed by atoms with Crippen molar-refractivity contribution in [3.05, 3.63) is 29.8 Å². The Morgan fingerprint density at radius 1 is 1.00 bits per heavy atom. The molecule has 0 bridgehead atoms. The second-order valence-electron chi connectivity index (χ2n) is 6.16. The summed E-state index contributed by atoms with van der Waals surface area (Å²) >= 11 is 0. The third-order valence-corrected chi connectivity index (χ3v) is 5.96. The molecule has 3 N–H and O–H groups in total. The van der Waals surface area contributed by atoms with Gasteiger partial charge in [-0.05, 0) is 43.5 Å². The summed E-state index contributed by atoms with van der Waals surface area (Å²) in [5.41, 5.74) is 4.67. The van der Waals surface area contributed by atoms with Crippen LogP contribution < -0.4 is 16.2 Å². The van der Waals surface area contributed by atoms with Crippen molar-refractivity contribution in [1.29, 1.82) is 0 Å². The van der Waals surface area contributed by atoms with Gasteiger partial charge in [-0.2, -0.15) is 4.31 Å². The maximum atomic E-state index is 12.4. The van der Waals surface area contributed by atoms with Crippen LogP contribution in [0, 0.1) is 0 Å². The van der Waals surface area contributed by atoms with Crippen molar-refractivity contribution in [2.24, 2.45) is 0 Å². The molecular weight excluding hydrogens is 372 g/mol. The molecule has 1 aliphatic heterocycles. The number of amides is 3. The van der Waals surface area contributed by atoms with E-state index in [2.05, 4.69) is 16.2 Å². The van der Waals surface area contributed by atoms with Crippen molar-refractivity contribution in [3.63, 3.8) is 0 Å². The third-order valence-electron chi connectivity index (χ3n) is 4.05. The molecule has 0 radical (unpaired) electrons. The van der Waals surface area contributed by atoms with Gasteiger partial charge >= 0.3 is 0 Å². The van der Waals surface area contributed by atoms with Crippen LogP contribution >= 0.6 is 0 Å². The minimum Gasteiger partial charge on any atom is -0.343 e. The highest BCUT2D eigenvalue weighted by Gasteiger charge is 2.27. The van der Waals surface area contributed by atoms with Crippen molar-refractivity contribution in [1.82, 2.24) is 20.5 Å². The molecule has 27 heavy (non-hydrogen) atoms. The highest BCUT2D eigenvalue weighted by molar-refractivity contribution is 7.89. The van der Waals surface area contributed by atoms with Gasteiger partial charge in [-0.15, -0.1) is 0 Å². The molecule has 0 spiro atoms. The SMILES string of the molecule is CCCC(=O)NNC(=O)CNC(=O)c1ccc(S(=O)(=O)N2CCCC2)cc1. The van der Waals surface area contributed by atoms with E-state index in [0.717, 1.165) is 12.8 Å². The number of carbonyl (C=O) groups is 3. The van der Waals surface area contributed by atoms with E-state index >= 15 is 0 Å². The van der Waals surface area contributed by atoms with Gasteiger partial charge < -0.3 is 5.32 Å². The molecule has 1 heterocycles. The highest BCUT2D eigenvalue weighted by Crippen LogP contribution is 2.21. The van der Waals surface area contributed by atoms with Gasteiger partial charge in [0.2, 0.25) is 15.9 Å². The van der Waals surface area contributed by atoms with Crippen LogP contribution in [-0.4, -0.2) is 50.1 Å². The molecule has 10 heteroatoms. The predicted molar refractivity (Wildman–Crippen MR) is 98.0 cm³/mol. The van der Waals surface area contributed by atoms with Crippen molar-refractivity contribution in [3.8, 4) is 0 Å². The first-order valence-corrected chi connectivity index (χ1v) is 10.2. The highest BCUT2D eigenvalue weighted by atomic mass is 32.2. The fraction of sp³-hybridized carbons (Fsp3) is 0.471. The second-order valence-corrected chi connectivity index (χ2v) is 8.10. The van der Waals surface area contributed by atoms with Gasteiger partial charge in [0.1, 0.15) is 0 Å². The molecule has 0 atom stereocenters. The molecule has 9 nitrogen and oxygen atoms in total. The van der Waals surface area contributed by atoms with Crippen LogP contribution in [0.3, 0.4) is 0 Å². The molecule has 0 saturated carbocycles. The predicted octanol–water partition coefficient (Wildman–Crippen LogP) is 0.148. The number of carbonyl (C=O) groups excluding carboxylic acids is 3. The van der Waals surface area contributed by atoms with Crippen LogP contribution in [0.25, 0.3) is 0 Å². The summed E-state index contributed by atoms with van der Waals surface area (Å²) in [6.07, 6.45) is 2.64. The molecule has 1 aliphatic rings. The molecule has 1 saturated heterocycles. The first-order valence-electron chi connectivity index (χ1n) is 8.80. The summed E-state index contributed by atoms with van der Waals surface area (Å²) in [6, 6.07) is 5.57. The standard InChI is InChI=1S/C17H24N4O5S/c1-2-5-15(22)19-20-16(23)12-18-17(24)13-6-8-14(9-7-13)27(25,26)21-10-3-4-11-21/h6-9H,2-5,10-12H2,1H3,(H,18,24)(H,19,22)(H,20,23). The van der Waals surface area contributed by atoms with Gasteiger partial charge in [-0.25, -0.2) is 8.42 Å². The van der Waals surface area contributed by atoms with Crippen LogP contribution in [0.4, 0.5) is 0 Å². The lowest BCUT2D eigenvalue weighted by molar-refractivity contribution is -0.128. The zero-order valence-corrected chi connectivity index (χ0v) is 16.0. The Hall–Kier alpha value is -2.46. The lowest BCUT2D eigenvalue weighted by Gasteiger charge is -2.15. The van der Waals surface area contributed by atoms with Crippen molar-refractivity contribution < 1.29 is 22.8 Å². The normalized spacial score (nSPS) is 14.6. The van der Waals surface area contributed by atoms with Crippen LogP contribution in [0.2, 0.25) is 0 Å². The fourth-order valence-electron chi connectivity index (χ4n) is 2.59. The lowest BCUT2D eigenvalue weighted by atomic mass is 10.2. The van der Waals surface area contributed by atoms with E-state index in [1.54, 1.807) is 0 Å². The third kappa shape index (κ3) is 5.76. The van der Waals surface area contributed by atoms with Gasteiger partial charge in [-0.1, -0.05) is 6.92 Å². The Kier molecular flexibility index (Phi) is 7.31. The Morgan fingerprint density at radius 2 is 1.59 bits per heavy atom. The zero-order chi connectivity index (χ0) is 19.9. The summed E-state index contributed by atoms with van der Waals surface area (Å²) in [4.78, 5) is 35.0. The first kappa shape index (κ1) is 20.8. The van der Waals surface area contributed by atoms with Gasteiger partial charge in [0, 0.05) is 25.1 Å². The van der Waals surface area contributed by atoms with Crippen LogP contribution in [0.1, 0.15) is 43.0 Å². The topological polar surface area (TPSA) is 125 Å². The number of hydrogen-bond donors (Lipinski definition) is 3. The van der Waals surface area contributed by atoms with E-state index in [4.69, 9.17) is 0 Å². The Labute approximate surface area is 158 Å². The molecule has 1 fully saturated rings. The number of sulfonamides is 1. The molecule has 148 valence electrons. The van der Waals surface area contributed by atoms with E-state index in [1.165, 1.54) is 28.6 Å². The molecule has 1 aromatic rings. The van der Waals surface area contributed by atoms with Crippen LogP contribution in [0.5, 0.6) is 0 Å². The van der Waals surface area contributed by atoms with Crippen molar-refractivity contribution in [2.45, 2.75) is 37.5 Å². The first-order chi connectivity index (χ1) is 12.8. The number of benzene rings is 1. The number of nitrogens with zero attached hydrogens (tertiary/aromatic N) is 1. The van der Waals surface area contributed by atoms with Gasteiger partial charge in [0.15, 0.2) is 0 Å². The van der Waals surface area contributed by atoms with Gasteiger partial charge in [0.25, 0.3) is 11.8 Å². The average molecular weight is 396 g/mol. The minimum absolute atomic E-state index is 0.136. The largest absolute Gasteiger partial charge is 0.343 e. The maximum Gasteiger partial charge on any atom is 0.257 e. The van der Waals surface area contributed by atoms with E-state index in [9.17, 15) is 22.8 Å². The van der Waals surface area contributed by atoms with Crippen LogP contribution in [-0.2, 0) is 19.6 Å².